The van der Waals surface area contributed by atoms with Crippen molar-refractivity contribution in [2.45, 2.75) is 43.7 Å². The van der Waals surface area contributed by atoms with Gasteiger partial charge in [0.05, 0.1) is 18.0 Å². The quantitative estimate of drug-likeness (QED) is 0.704. The fraction of sp³-hybridized carbons (Fsp3) is 0.435. The second kappa shape index (κ2) is 9.29. The molecule has 2 aliphatic heterocycles. The molecule has 2 aromatic rings. The monoisotopic (exact) mass is 428 g/mol. The van der Waals surface area contributed by atoms with Crippen LogP contribution < -0.4 is 10.2 Å². The molecule has 0 radical (unpaired) electrons. The topological polar surface area (TPSA) is 70.9 Å². The number of likely N-dealkylation sites (tertiary alicyclic amines) is 1. The molecule has 2 aliphatic rings. The third kappa shape index (κ3) is 4.74. The number of quaternary nitrogens is 1. The molecule has 7 heteroatoms. The van der Waals surface area contributed by atoms with Crippen molar-refractivity contribution in [3.05, 3.63) is 65.2 Å². The molecule has 30 heavy (non-hydrogen) atoms. The van der Waals surface area contributed by atoms with Crippen molar-refractivity contribution < 1.29 is 18.1 Å². The number of amides is 1. The van der Waals surface area contributed by atoms with Crippen LogP contribution in [0.2, 0.25) is 0 Å². The van der Waals surface area contributed by atoms with Crippen molar-refractivity contribution in [2.24, 2.45) is 0 Å². The largest absolute Gasteiger partial charge is 0.348 e. The summed E-state index contributed by atoms with van der Waals surface area (Å²) in [6.07, 6.45) is 4.39. The number of nitrogens with zero attached hydrogens (tertiary/aromatic N) is 1. The lowest BCUT2D eigenvalue weighted by Gasteiger charge is -2.16. The summed E-state index contributed by atoms with van der Waals surface area (Å²) in [5.41, 5.74) is 2.89. The predicted octanol–water partition coefficient (Wildman–Crippen LogP) is 1.58. The van der Waals surface area contributed by atoms with Crippen LogP contribution in [-0.4, -0.2) is 44.8 Å². The predicted molar refractivity (Wildman–Crippen MR) is 116 cm³/mol. The molecule has 6 nitrogen and oxygen atoms in total. The summed E-state index contributed by atoms with van der Waals surface area (Å²) in [5, 5.41) is 2.99. The number of carbonyl (C=O) groups excluding carboxylic acids is 1. The van der Waals surface area contributed by atoms with Gasteiger partial charge < -0.3 is 10.2 Å². The van der Waals surface area contributed by atoms with Gasteiger partial charge in [-0.25, -0.2) is 8.42 Å². The van der Waals surface area contributed by atoms with Crippen molar-refractivity contribution >= 4 is 15.9 Å². The summed E-state index contributed by atoms with van der Waals surface area (Å²) >= 11 is 0. The van der Waals surface area contributed by atoms with Gasteiger partial charge in [0.25, 0.3) is 5.91 Å². The zero-order chi connectivity index (χ0) is 21.0. The molecule has 0 atom stereocenters. The van der Waals surface area contributed by atoms with Gasteiger partial charge in [0, 0.05) is 43.6 Å². The van der Waals surface area contributed by atoms with Gasteiger partial charge in [-0.2, -0.15) is 4.31 Å². The molecular formula is C23H30N3O3S+. The van der Waals surface area contributed by atoms with E-state index >= 15 is 0 Å². The number of hydrogen-bond donors (Lipinski definition) is 2. The van der Waals surface area contributed by atoms with Crippen LogP contribution in [0.5, 0.6) is 0 Å². The van der Waals surface area contributed by atoms with E-state index in [1.54, 1.807) is 17.0 Å². The van der Waals surface area contributed by atoms with Crippen molar-refractivity contribution in [3.8, 4) is 0 Å². The summed E-state index contributed by atoms with van der Waals surface area (Å²) < 4.78 is 26.8. The van der Waals surface area contributed by atoms with E-state index < -0.39 is 10.0 Å². The number of benzene rings is 2. The number of hydrogen-bond acceptors (Lipinski definition) is 3. The molecule has 4 rings (SSSR count). The van der Waals surface area contributed by atoms with E-state index in [-0.39, 0.29) is 10.8 Å². The summed E-state index contributed by atoms with van der Waals surface area (Å²) in [7, 11) is -3.45. The van der Waals surface area contributed by atoms with E-state index in [1.807, 2.05) is 6.07 Å². The van der Waals surface area contributed by atoms with Crippen LogP contribution in [0.25, 0.3) is 0 Å². The van der Waals surface area contributed by atoms with Crippen LogP contribution >= 0.6 is 0 Å². The molecule has 2 aromatic carbocycles. The highest BCUT2D eigenvalue weighted by atomic mass is 32.2. The Bertz CT molecular complexity index is 977. The second-order valence-electron chi connectivity index (χ2n) is 8.22. The van der Waals surface area contributed by atoms with E-state index in [9.17, 15) is 13.2 Å². The van der Waals surface area contributed by atoms with E-state index in [4.69, 9.17) is 0 Å². The van der Waals surface area contributed by atoms with Crippen molar-refractivity contribution in [1.82, 2.24) is 9.62 Å². The molecule has 2 fully saturated rings. The molecule has 0 bridgehead atoms. The molecule has 0 aromatic heterocycles. The fourth-order valence-corrected chi connectivity index (χ4v) is 5.87. The zero-order valence-corrected chi connectivity index (χ0v) is 18.1. The Balaban J connectivity index is 1.39. The van der Waals surface area contributed by atoms with Gasteiger partial charge in [-0.15, -0.1) is 0 Å². The Hall–Kier alpha value is -2.22. The van der Waals surface area contributed by atoms with Gasteiger partial charge >= 0.3 is 0 Å². The van der Waals surface area contributed by atoms with Gasteiger partial charge in [0.2, 0.25) is 10.0 Å². The van der Waals surface area contributed by atoms with Crippen LogP contribution in [0.15, 0.2) is 53.4 Å². The van der Waals surface area contributed by atoms with Gasteiger partial charge in [-0.1, -0.05) is 24.3 Å². The van der Waals surface area contributed by atoms with Crippen molar-refractivity contribution in [2.75, 3.05) is 26.2 Å². The van der Waals surface area contributed by atoms with Crippen LogP contribution in [-0.2, 0) is 23.1 Å². The molecule has 2 saturated heterocycles. The Morgan fingerprint density at radius 1 is 0.900 bits per heavy atom. The first-order chi connectivity index (χ1) is 14.5. The molecule has 160 valence electrons. The third-order valence-electron chi connectivity index (χ3n) is 6.13. The van der Waals surface area contributed by atoms with E-state index in [1.165, 1.54) is 47.9 Å². The second-order valence-corrected chi connectivity index (χ2v) is 10.2. The number of rotatable bonds is 7. The Labute approximate surface area is 178 Å². The van der Waals surface area contributed by atoms with E-state index in [0.29, 0.717) is 25.2 Å². The van der Waals surface area contributed by atoms with Gasteiger partial charge in [0.15, 0.2) is 0 Å². The maximum atomic E-state index is 12.6. The maximum absolute atomic E-state index is 12.6. The van der Waals surface area contributed by atoms with E-state index in [2.05, 4.69) is 23.5 Å². The molecule has 0 unspecified atom stereocenters. The highest BCUT2D eigenvalue weighted by Gasteiger charge is 2.27. The highest BCUT2D eigenvalue weighted by Crippen LogP contribution is 2.21. The van der Waals surface area contributed by atoms with Crippen LogP contribution in [0.4, 0.5) is 0 Å². The molecular weight excluding hydrogens is 398 g/mol. The zero-order valence-electron chi connectivity index (χ0n) is 17.3. The minimum atomic E-state index is -3.45. The smallest absolute Gasteiger partial charge is 0.251 e. The normalized spacial score (nSPS) is 18.0. The van der Waals surface area contributed by atoms with Gasteiger partial charge in [-0.3, -0.25) is 4.79 Å². The maximum Gasteiger partial charge on any atom is 0.251 e. The minimum Gasteiger partial charge on any atom is -0.348 e. The summed E-state index contributed by atoms with van der Waals surface area (Å²) in [6.45, 7) is 5.04. The SMILES string of the molecule is O=C(NCc1ccccc1C[NH+]1CCCC1)c1ccc(S(=O)(=O)N2CCCC2)cc1. The van der Waals surface area contributed by atoms with Crippen LogP contribution in [0.1, 0.15) is 47.2 Å². The van der Waals surface area contributed by atoms with Gasteiger partial charge in [-0.05, 0) is 42.7 Å². The summed E-state index contributed by atoms with van der Waals surface area (Å²) in [4.78, 5) is 14.5. The Kier molecular flexibility index (Phi) is 6.51. The Morgan fingerprint density at radius 3 is 2.20 bits per heavy atom. The van der Waals surface area contributed by atoms with Crippen molar-refractivity contribution in [3.63, 3.8) is 0 Å². The molecule has 1 amide bonds. The number of carbonyl (C=O) groups is 1. The molecule has 2 heterocycles. The van der Waals surface area contributed by atoms with Gasteiger partial charge in [0.1, 0.15) is 6.54 Å². The average molecular weight is 429 g/mol. The highest BCUT2D eigenvalue weighted by molar-refractivity contribution is 7.89. The lowest BCUT2D eigenvalue weighted by molar-refractivity contribution is -0.901. The molecule has 2 N–H and O–H groups in total. The number of nitrogens with one attached hydrogen (secondary N) is 2. The summed E-state index contributed by atoms with van der Waals surface area (Å²) in [5.74, 6) is -0.191. The standard InChI is InChI=1S/C23H29N3O3S/c27-23(19-9-11-22(12-10-19)30(28,29)26-15-5-6-16-26)24-17-20-7-1-2-8-21(20)18-25-13-3-4-14-25/h1-2,7-12H,3-6,13-18H2,(H,24,27)/p+1. The molecule has 0 spiro atoms. The van der Waals surface area contributed by atoms with E-state index in [0.717, 1.165) is 24.9 Å². The first-order valence-corrected chi connectivity index (χ1v) is 12.3. The lowest BCUT2D eigenvalue weighted by Crippen LogP contribution is -3.08. The van der Waals surface area contributed by atoms with Crippen molar-refractivity contribution in [1.29, 1.82) is 0 Å². The molecule has 0 saturated carbocycles. The fourth-order valence-electron chi connectivity index (χ4n) is 4.36. The minimum absolute atomic E-state index is 0.191. The third-order valence-corrected chi connectivity index (χ3v) is 8.04. The first-order valence-electron chi connectivity index (χ1n) is 10.8. The average Bonchev–Trinajstić information content (AvgIpc) is 3.48. The molecule has 0 aliphatic carbocycles. The first kappa shape index (κ1) is 21.0. The lowest BCUT2D eigenvalue weighted by atomic mass is 10.1. The Morgan fingerprint density at radius 2 is 1.53 bits per heavy atom. The number of sulfonamides is 1. The van der Waals surface area contributed by atoms with Crippen LogP contribution in [0, 0.1) is 0 Å². The summed E-state index contributed by atoms with van der Waals surface area (Å²) in [6, 6.07) is 14.5. The van der Waals surface area contributed by atoms with Crippen LogP contribution in [0.3, 0.4) is 0 Å².